The predicted molar refractivity (Wildman–Crippen MR) is 124 cm³/mol. The number of hydrogen-bond acceptors (Lipinski definition) is 5. The number of halogens is 1. The van der Waals surface area contributed by atoms with Gasteiger partial charge in [0, 0.05) is 26.9 Å². The van der Waals surface area contributed by atoms with E-state index in [0.717, 1.165) is 21.0 Å². The molecule has 32 heavy (non-hydrogen) atoms. The minimum absolute atomic E-state index is 0.197. The van der Waals surface area contributed by atoms with Gasteiger partial charge in [0.15, 0.2) is 0 Å². The average Bonchev–Trinajstić information content (AvgIpc) is 3.17. The van der Waals surface area contributed by atoms with Gasteiger partial charge in [0.2, 0.25) is 5.91 Å². The van der Waals surface area contributed by atoms with Gasteiger partial charge >= 0.3 is 11.6 Å². The first-order valence-corrected chi connectivity index (χ1v) is 10.8. The van der Waals surface area contributed by atoms with E-state index in [2.05, 4.69) is 21.2 Å². The molecule has 164 valence electrons. The quantitative estimate of drug-likeness (QED) is 0.370. The summed E-state index contributed by atoms with van der Waals surface area (Å²) in [6.07, 6.45) is 1.63. The Kier molecular flexibility index (Phi) is 5.88. The molecule has 7 nitrogen and oxygen atoms in total. The molecule has 8 heteroatoms. The average molecular weight is 498 g/mol. The highest BCUT2D eigenvalue weighted by atomic mass is 79.9. The van der Waals surface area contributed by atoms with Crippen molar-refractivity contribution in [1.82, 2.24) is 5.32 Å². The summed E-state index contributed by atoms with van der Waals surface area (Å²) in [7, 11) is 0. The maximum Gasteiger partial charge on any atom is 0.340 e. The Balaban J connectivity index is 1.77. The lowest BCUT2D eigenvalue weighted by Gasteiger charge is -2.13. The zero-order valence-corrected chi connectivity index (χ0v) is 19.0. The van der Waals surface area contributed by atoms with Gasteiger partial charge in [-0.3, -0.25) is 4.79 Å². The molecule has 0 unspecified atom stereocenters. The van der Waals surface area contributed by atoms with E-state index in [1.165, 1.54) is 0 Å². The number of hydrogen-bond donors (Lipinski definition) is 2. The smallest absolute Gasteiger partial charge is 0.340 e. The van der Waals surface area contributed by atoms with Crippen molar-refractivity contribution in [2.24, 2.45) is 0 Å². The van der Waals surface area contributed by atoms with Crippen LogP contribution in [-0.2, 0) is 16.0 Å². The van der Waals surface area contributed by atoms with Gasteiger partial charge in [-0.25, -0.2) is 9.59 Å². The number of amides is 1. The summed E-state index contributed by atoms with van der Waals surface area (Å²) in [6.45, 7) is 3.41. The molecule has 0 bridgehead atoms. The SMILES string of the molecule is CC[C@H](NC(=O)Cc1c(C)c2cc3c(-c4ccc(Br)cc4)coc3cc2oc1=O)C(=O)O. The van der Waals surface area contributed by atoms with Crippen LogP contribution in [-0.4, -0.2) is 23.0 Å². The van der Waals surface area contributed by atoms with Crippen molar-refractivity contribution in [2.75, 3.05) is 0 Å². The number of carboxylic acid groups (broad SMARTS) is 1. The van der Waals surface area contributed by atoms with E-state index in [0.29, 0.717) is 22.1 Å². The van der Waals surface area contributed by atoms with Gasteiger partial charge in [-0.1, -0.05) is 35.0 Å². The molecule has 1 atom stereocenters. The second-order valence-corrected chi connectivity index (χ2v) is 8.45. The zero-order valence-electron chi connectivity index (χ0n) is 17.4. The monoisotopic (exact) mass is 497 g/mol. The van der Waals surface area contributed by atoms with Crippen molar-refractivity contribution < 1.29 is 23.5 Å². The lowest BCUT2D eigenvalue weighted by molar-refractivity contribution is -0.141. The maximum atomic E-state index is 12.6. The number of fused-ring (bicyclic) bond motifs is 2. The van der Waals surface area contributed by atoms with Gasteiger partial charge in [-0.05, 0) is 42.7 Å². The largest absolute Gasteiger partial charge is 0.480 e. The van der Waals surface area contributed by atoms with Crippen molar-refractivity contribution in [1.29, 1.82) is 0 Å². The van der Waals surface area contributed by atoms with Gasteiger partial charge in [0.25, 0.3) is 0 Å². The molecule has 0 aliphatic carbocycles. The minimum Gasteiger partial charge on any atom is -0.480 e. The molecule has 0 aliphatic rings. The van der Waals surface area contributed by atoms with Gasteiger partial charge in [-0.2, -0.15) is 0 Å². The molecule has 0 saturated carbocycles. The highest BCUT2D eigenvalue weighted by Gasteiger charge is 2.21. The summed E-state index contributed by atoms with van der Waals surface area (Å²) in [4.78, 5) is 36.2. The van der Waals surface area contributed by atoms with Crippen LogP contribution < -0.4 is 10.9 Å². The molecule has 2 aromatic heterocycles. The molecule has 0 aliphatic heterocycles. The fraction of sp³-hybridized carbons (Fsp3) is 0.208. The summed E-state index contributed by atoms with van der Waals surface area (Å²) in [5.74, 6) is -1.67. The number of furan rings is 1. The number of carbonyl (C=O) groups excluding carboxylic acids is 1. The van der Waals surface area contributed by atoms with E-state index >= 15 is 0 Å². The molecule has 0 fully saturated rings. The fourth-order valence-corrected chi connectivity index (χ4v) is 3.98. The standard InChI is InChI=1S/C24H20BrNO6/c1-3-19(23(28)29)26-22(27)9-16-12(2)15-8-17-18(13-4-6-14(25)7-5-13)11-31-20(17)10-21(15)32-24(16)30/h4-8,10-11,19H,3,9H2,1-2H3,(H,26,27)(H,28,29)/t19-/m0/s1. The maximum absolute atomic E-state index is 12.6. The normalized spacial score (nSPS) is 12.2. The summed E-state index contributed by atoms with van der Waals surface area (Å²) >= 11 is 3.43. The van der Waals surface area contributed by atoms with Crippen LogP contribution >= 0.6 is 15.9 Å². The Morgan fingerprint density at radius 1 is 1.12 bits per heavy atom. The first kappa shape index (κ1) is 21.8. The molecule has 2 aromatic carbocycles. The van der Waals surface area contributed by atoms with E-state index in [-0.39, 0.29) is 18.4 Å². The molecule has 2 N–H and O–H groups in total. The molecule has 2 heterocycles. The Hall–Kier alpha value is -3.39. The second kappa shape index (κ2) is 8.63. The lowest BCUT2D eigenvalue weighted by Crippen LogP contribution is -2.41. The topological polar surface area (TPSA) is 110 Å². The molecule has 4 rings (SSSR count). The number of nitrogens with one attached hydrogen (secondary N) is 1. The van der Waals surface area contributed by atoms with E-state index in [4.69, 9.17) is 13.9 Å². The summed E-state index contributed by atoms with van der Waals surface area (Å²) in [5, 5.41) is 13.1. The third kappa shape index (κ3) is 4.05. The van der Waals surface area contributed by atoms with E-state index in [1.54, 1.807) is 26.2 Å². The van der Waals surface area contributed by atoms with Crippen molar-refractivity contribution >= 4 is 49.7 Å². The lowest BCUT2D eigenvalue weighted by atomic mass is 9.99. The molecular formula is C24H20BrNO6. The van der Waals surface area contributed by atoms with Crippen LogP contribution in [0, 0.1) is 6.92 Å². The molecule has 0 spiro atoms. The highest BCUT2D eigenvalue weighted by Crippen LogP contribution is 2.35. The number of carboxylic acids is 1. The van der Waals surface area contributed by atoms with Crippen LogP contribution in [0.1, 0.15) is 24.5 Å². The van der Waals surface area contributed by atoms with Crippen molar-refractivity contribution in [2.45, 2.75) is 32.7 Å². The second-order valence-electron chi connectivity index (χ2n) is 7.54. The van der Waals surface area contributed by atoms with E-state index in [9.17, 15) is 14.4 Å². The third-order valence-corrected chi connectivity index (χ3v) is 6.04. The number of aliphatic carboxylic acids is 1. The molecule has 0 saturated heterocycles. The van der Waals surface area contributed by atoms with Crippen LogP contribution in [0.3, 0.4) is 0 Å². The zero-order chi connectivity index (χ0) is 23.0. The predicted octanol–water partition coefficient (Wildman–Crippen LogP) is 4.80. The van der Waals surface area contributed by atoms with Crippen LogP contribution in [0.2, 0.25) is 0 Å². The molecule has 0 radical (unpaired) electrons. The fourth-order valence-electron chi connectivity index (χ4n) is 3.71. The number of benzene rings is 2. The van der Waals surface area contributed by atoms with E-state index < -0.39 is 23.5 Å². The van der Waals surface area contributed by atoms with Crippen molar-refractivity contribution in [3.63, 3.8) is 0 Å². The summed E-state index contributed by atoms with van der Waals surface area (Å²) in [5.41, 5.74) is 2.98. The van der Waals surface area contributed by atoms with Crippen LogP contribution in [0.25, 0.3) is 33.1 Å². The molecule has 1 amide bonds. The van der Waals surface area contributed by atoms with Crippen LogP contribution in [0.4, 0.5) is 0 Å². The highest BCUT2D eigenvalue weighted by molar-refractivity contribution is 9.10. The molecular weight excluding hydrogens is 478 g/mol. The number of carbonyl (C=O) groups is 2. The van der Waals surface area contributed by atoms with Gasteiger partial charge in [-0.15, -0.1) is 0 Å². The third-order valence-electron chi connectivity index (χ3n) is 5.52. The number of rotatable bonds is 6. The van der Waals surface area contributed by atoms with Gasteiger partial charge in [0.1, 0.15) is 17.2 Å². The Morgan fingerprint density at radius 3 is 2.50 bits per heavy atom. The van der Waals surface area contributed by atoms with Crippen LogP contribution in [0.15, 0.2) is 60.8 Å². The summed E-state index contributed by atoms with van der Waals surface area (Å²) < 4.78 is 12.1. The van der Waals surface area contributed by atoms with Gasteiger partial charge in [0.05, 0.1) is 18.2 Å². The first-order valence-electron chi connectivity index (χ1n) is 10.0. The Bertz CT molecular complexity index is 1400. The minimum atomic E-state index is -1.12. The first-order chi connectivity index (χ1) is 15.3. The van der Waals surface area contributed by atoms with Crippen LogP contribution in [0.5, 0.6) is 0 Å². The van der Waals surface area contributed by atoms with E-state index in [1.807, 2.05) is 30.3 Å². The van der Waals surface area contributed by atoms with Crippen molar-refractivity contribution in [3.05, 3.63) is 68.7 Å². The number of aryl methyl sites for hydroxylation is 1. The van der Waals surface area contributed by atoms with Gasteiger partial charge < -0.3 is 19.3 Å². The molecule has 4 aromatic rings. The Morgan fingerprint density at radius 2 is 1.84 bits per heavy atom. The summed E-state index contributed by atoms with van der Waals surface area (Å²) in [6, 6.07) is 10.4. The Labute approximate surface area is 191 Å². The van der Waals surface area contributed by atoms with Crippen molar-refractivity contribution in [3.8, 4) is 11.1 Å².